The molecule has 28 heavy (non-hydrogen) atoms. The van der Waals surface area contributed by atoms with Crippen molar-refractivity contribution in [3.63, 3.8) is 0 Å². The van der Waals surface area contributed by atoms with E-state index in [1.165, 1.54) is 0 Å². The molecule has 1 aliphatic heterocycles. The Hall–Kier alpha value is -2.83. The normalized spacial score (nSPS) is 16.6. The highest BCUT2D eigenvalue weighted by Crippen LogP contribution is 2.25. The molecule has 1 unspecified atom stereocenters. The number of ether oxygens (including phenoxy) is 2. The van der Waals surface area contributed by atoms with Gasteiger partial charge in [-0.05, 0) is 37.0 Å². The zero-order valence-electron chi connectivity index (χ0n) is 17.0. The second-order valence-electron chi connectivity index (χ2n) is 7.28. The van der Waals surface area contributed by atoms with Crippen molar-refractivity contribution in [3.8, 4) is 11.6 Å². The summed E-state index contributed by atoms with van der Waals surface area (Å²) in [5.74, 6) is 2.16. The monoisotopic (exact) mass is 384 g/mol. The Morgan fingerprint density at radius 2 is 2.07 bits per heavy atom. The van der Waals surface area contributed by atoms with E-state index in [9.17, 15) is 4.79 Å². The third kappa shape index (κ3) is 4.71. The maximum atomic E-state index is 12.8. The van der Waals surface area contributed by atoms with E-state index in [0.717, 1.165) is 36.3 Å². The van der Waals surface area contributed by atoms with Gasteiger partial charge in [-0.2, -0.15) is 0 Å². The molecule has 1 amide bonds. The lowest BCUT2D eigenvalue weighted by Gasteiger charge is -2.33. The molecule has 1 atom stereocenters. The highest BCUT2D eigenvalue weighted by Gasteiger charge is 2.26. The predicted molar refractivity (Wildman–Crippen MR) is 108 cm³/mol. The molecule has 0 saturated carbocycles. The van der Waals surface area contributed by atoms with Crippen LogP contribution in [0.4, 0.5) is 5.82 Å². The van der Waals surface area contributed by atoms with Crippen LogP contribution >= 0.6 is 0 Å². The van der Waals surface area contributed by atoms with Crippen LogP contribution in [0.5, 0.6) is 11.6 Å². The van der Waals surface area contributed by atoms with Gasteiger partial charge in [0, 0.05) is 33.0 Å². The fourth-order valence-electron chi connectivity index (χ4n) is 3.46. The molecule has 0 N–H and O–H groups in total. The number of hydrogen-bond donors (Lipinski definition) is 0. The number of carbonyl (C=O) groups is 1. The van der Waals surface area contributed by atoms with Crippen molar-refractivity contribution in [1.29, 1.82) is 0 Å². The van der Waals surface area contributed by atoms with Gasteiger partial charge in [-0.15, -0.1) is 0 Å². The first-order valence-corrected chi connectivity index (χ1v) is 9.54. The number of piperidine rings is 1. The number of hydrogen-bond acceptors (Lipinski definition) is 6. The summed E-state index contributed by atoms with van der Waals surface area (Å²) in [6.45, 7) is 3.31. The van der Waals surface area contributed by atoms with E-state index in [1.54, 1.807) is 19.5 Å². The predicted octanol–water partition coefficient (Wildman–Crippen LogP) is 2.47. The van der Waals surface area contributed by atoms with Crippen LogP contribution in [0, 0.1) is 6.92 Å². The molecule has 1 aliphatic rings. The van der Waals surface area contributed by atoms with Gasteiger partial charge in [0.25, 0.3) is 5.88 Å². The first kappa shape index (κ1) is 19.9. The molecule has 0 aliphatic carbocycles. The van der Waals surface area contributed by atoms with Crippen LogP contribution in [-0.4, -0.2) is 61.2 Å². The number of rotatable bonds is 6. The number of benzene rings is 1. The van der Waals surface area contributed by atoms with Crippen molar-refractivity contribution in [2.24, 2.45) is 0 Å². The Kier molecular flexibility index (Phi) is 6.34. The molecule has 1 saturated heterocycles. The summed E-state index contributed by atoms with van der Waals surface area (Å²) in [7, 11) is 5.47. The van der Waals surface area contributed by atoms with E-state index in [2.05, 4.69) is 9.97 Å². The molecule has 3 rings (SSSR count). The van der Waals surface area contributed by atoms with Crippen LogP contribution < -0.4 is 14.4 Å². The Morgan fingerprint density at radius 1 is 1.29 bits per heavy atom. The number of anilines is 1. The summed E-state index contributed by atoms with van der Waals surface area (Å²) in [6, 6.07) is 5.87. The molecule has 2 heterocycles. The highest BCUT2D eigenvalue weighted by molar-refractivity contribution is 5.79. The average molecular weight is 384 g/mol. The summed E-state index contributed by atoms with van der Waals surface area (Å²) in [5, 5.41) is 0. The van der Waals surface area contributed by atoms with Gasteiger partial charge >= 0.3 is 0 Å². The van der Waals surface area contributed by atoms with Crippen LogP contribution in [0.2, 0.25) is 0 Å². The maximum absolute atomic E-state index is 12.8. The van der Waals surface area contributed by atoms with Crippen LogP contribution in [0.25, 0.3) is 0 Å². The standard InChI is InChI=1S/C21H28N4O3/c1-15-12-16(7-8-18(15)27-4)13-19(26)25-11-5-6-17(14-25)28-21-20(24(2)3)22-9-10-23-21/h7-10,12,17H,5-6,11,13-14H2,1-4H3. The first-order valence-electron chi connectivity index (χ1n) is 9.54. The third-order valence-corrected chi connectivity index (χ3v) is 4.89. The number of likely N-dealkylation sites (tertiary alicyclic amines) is 1. The van der Waals surface area contributed by atoms with E-state index < -0.39 is 0 Å². The zero-order valence-corrected chi connectivity index (χ0v) is 17.0. The van der Waals surface area contributed by atoms with Gasteiger partial charge < -0.3 is 19.3 Å². The number of amides is 1. The van der Waals surface area contributed by atoms with Crippen molar-refractivity contribution in [2.75, 3.05) is 39.2 Å². The summed E-state index contributed by atoms with van der Waals surface area (Å²) < 4.78 is 11.4. The summed E-state index contributed by atoms with van der Waals surface area (Å²) >= 11 is 0. The van der Waals surface area contributed by atoms with E-state index in [-0.39, 0.29) is 12.0 Å². The Labute approximate surface area is 166 Å². The number of nitrogens with zero attached hydrogens (tertiary/aromatic N) is 4. The molecule has 1 aromatic heterocycles. The van der Waals surface area contributed by atoms with Crippen LogP contribution in [0.1, 0.15) is 24.0 Å². The smallest absolute Gasteiger partial charge is 0.257 e. The topological polar surface area (TPSA) is 67.8 Å². The molecule has 1 fully saturated rings. The molecule has 0 spiro atoms. The van der Waals surface area contributed by atoms with Crippen molar-refractivity contribution in [3.05, 3.63) is 41.7 Å². The Bertz CT molecular complexity index is 825. The average Bonchev–Trinajstić information content (AvgIpc) is 2.68. The lowest BCUT2D eigenvalue weighted by atomic mass is 10.0. The third-order valence-electron chi connectivity index (χ3n) is 4.89. The van der Waals surface area contributed by atoms with Crippen LogP contribution in [-0.2, 0) is 11.2 Å². The van der Waals surface area contributed by atoms with Gasteiger partial charge in [-0.1, -0.05) is 12.1 Å². The number of carbonyl (C=O) groups excluding carboxylic acids is 1. The second kappa shape index (κ2) is 8.91. The fourth-order valence-corrected chi connectivity index (χ4v) is 3.46. The fraction of sp³-hybridized carbons (Fsp3) is 0.476. The first-order chi connectivity index (χ1) is 13.5. The number of aryl methyl sites for hydroxylation is 1. The van der Waals surface area contributed by atoms with Crippen molar-refractivity contribution in [1.82, 2.24) is 14.9 Å². The number of aromatic nitrogens is 2. The van der Waals surface area contributed by atoms with Crippen molar-refractivity contribution < 1.29 is 14.3 Å². The lowest BCUT2D eigenvalue weighted by Crippen LogP contribution is -2.45. The van der Waals surface area contributed by atoms with Gasteiger partial charge in [-0.25, -0.2) is 9.97 Å². The largest absolute Gasteiger partial charge is 0.496 e. The molecule has 0 bridgehead atoms. The second-order valence-corrected chi connectivity index (χ2v) is 7.28. The molecule has 1 aromatic carbocycles. The summed E-state index contributed by atoms with van der Waals surface area (Å²) in [5.41, 5.74) is 2.03. The van der Waals surface area contributed by atoms with Crippen LogP contribution in [0.15, 0.2) is 30.6 Å². The molecular weight excluding hydrogens is 356 g/mol. The van der Waals surface area contributed by atoms with E-state index in [1.807, 2.05) is 49.0 Å². The van der Waals surface area contributed by atoms with Crippen molar-refractivity contribution in [2.45, 2.75) is 32.3 Å². The summed E-state index contributed by atoms with van der Waals surface area (Å²) in [6.07, 6.45) is 5.39. The van der Waals surface area contributed by atoms with Crippen LogP contribution in [0.3, 0.4) is 0 Å². The molecule has 7 heteroatoms. The summed E-state index contributed by atoms with van der Waals surface area (Å²) in [4.78, 5) is 25.2. The van der Waals surface area contributed by atoms with Gasteiger partial charge in [0.15, 0.2) is 5.82 Å². The maximum Gasteiger partial charge on any atom is 0.257 e. The van der Waals surface area contributed by atoms with Gasteiger partial charge in [0.05, 0.1) is 20.1 Å². The highest BCUT2D eigenvalue weighted by atomic mass is 16.5. The molecule has 150 valence electrons. The molecular formula is C21H28N4O3. The zero-order chi connectivity index (χ0) is 20.1. The van der Waals surface area contributed by atoms with Crippen molar-refractivity contribution >= 4 is 11.7 Å². The Morgan fingerprint density at radius 3 is 2.79 bits per heavy atom. The molecule has 2 aromatic rings. The van der Waals surface area contributed by atoms with E-state index in [0.29, 0.717) is 24.7 Å². The Balaban J connectivity index is 1.63. The minimum absolute atomic E-state index is 0.0781. The lowest BCUT2D eigenvalue weighted by molar-refractivity contribution is -0.133. The van der Waals surface area contributed by atoms with Gasteiger partial charge in [0.1, 0.15) is 11.9 Å². The van der Waals surface area contributed by atoms with Gasteiger partial charge in [-0.3, -0.25) is 4.79 Å². The molecule has 0 radical (unpaired) electrons. The molecule has 7 nitrogen and oxygen atoms in total. The SMILES string of the molecule is COc1ccc(CC(=O)N2CCCC(Oc3nccnc3N(C)C)C2)cc1C. The minimum atomic E-state index is -0.0781. The van der Waals surface area contributed by atoms with E-state index in [4.69, 9.17) is 9.47 Å². The quantitative estimate of drug-likeness (QED) is 0.762. The minimum Gasteiger partial charge on any atom is -0.496 e. The number of methoxy groups -OCH3 is 1. The van der Waals surface area contributed by atoms with Gasteiger partial charge in [0.2, 0.25) is 5.91 Å². The van der Waals surface area contributed by atoms with E-state index >= 15 is 0 Å².